The third-order valence-electron chi connectivity index (χ3n) is 8.14. The number of rotatable bonds is 10. The molecule has 0 N–H and O–H groups in total. The van der Waals surface area contributed by atoms with Gasteiger partial charge in [0.05, 0.1) is 14.6 Å². The van der Waals surface area contributed by atoms with E-state index in [1.807, 2.05) is 0 Å². The van der Waals surface area contributed by atoms with Crippen molar-refractivity contribution in [3.05, 3.63) is 102 Å². The van der Waals surface area contributed by atoms with Crippen molar-refractivity contribution in [2.24, 2.45) is 5.92 Å². The van der Waals surface area contributed by atoms with Crippen LogP contribution in [0.15, 0.2) is 91.1 Å². The minimum absolute atomic E-state index is 0.194. The zero-order valence-corrected chi connectivity index (χ0v) is 27.7. The molecule has 1 unspecified atom stereocenters. The summed E-state index contributed by atoms with van der Waals surface area (Å²) in [6.45, 7) is 20.2. The summed E-state index contributed by atoms with van der Waals surface area (Å²) in [5.41, 5.74) is 7.47. The third kappa shape index (κ3) is 5.93. The molecule has 0 spiro atoms. The number of aryl methyl sites for hydroxylation is 2. The lowest BCUT2D eigenvalue weighted by molar-refractivity contribution is -0.725. The van der Waals surface area contributed by atoms with Crippen LogP contribution in [0, 0.1) is 12.8 Å². The normalized spacial score (nSPS) is 12.7. The molecule has 218 valence electrons. The van der Waals surface area contributed by atoms with E-state index in [-0.39, 0.29) is 6.04 Å². The predicted molar refractivity (Wildman–Crippen MR) is 178 cm³/mol. The number of hydrogen-bond acceptors (Lipinski definition) is 1. The topological polar surface area (TPSA) is 21.9 Å². The summed E-state index contributed by atoms with van der Waals surface area (Å²) in [6.07, 6.45) is 3.57. The number of benzene rings is 3. The van der Waals surface area contributed by atoms with Crippen molar-refractivity contribution in [1.82, 2.24) is 4.57 Å². The average molecular weight is 578 g/mol. The van der Waals surface area contributed by atoms with Crippen LogP contribution in [0.3, 0.4) is 0 Å². The van der Waals surface area contributed by atoms with Crippen molar-refractivity contribution in [2.75, 3.05) is 6.61 Å². The fourth-order valence-electron chi connectivity index (χ4n) is 6.21. The molecule has 1 atom stereocenters. The quantitative estimate of drug-likeness (QED) is 0.124. The molecule has 2 aromatic heterocycles. The Morgan fingerprint density at radius 1 is 0.857 bits per heavy atom. The van der Waals surface area contributed by atoms with Crippen molar-refractivity contribution < 1.29 is 13.9 Å². The fourth-order valence-corrected chi connectivity index (χ4v) is 7.87. The summed E-state index contributed by atoms with van der Waals surface area (Å²) < 4.78 is 13.9. The van der Waals surface area contributed by atoms with Gasteiger partial charge >= 0.3 is 0 Å². The van der Waals surface area contributed by atoms with Gasteiger partial charge in [-0.1, -0.05) is 76.0 Å². The van der Waals surface area contributed by atoms with Gasteiger partial charge in [-0.05, 0) is 61.2 Å². The Balaban J connectivity index is 1.54. The van der Waals surface area contributed by atoms with Crippen LogP contribution in [0.25, 0.3) is 28.1 Å². The molecule has 0 bridgehead atoms. The van der Waals surface area contributed by atoms with Gasteiger partial charge in [-0.15, -0.1) is 0 Å². The first-order valence-corrected chi connectivity index (χ1v) is 19.0. The van der Waals surface area contributed by atoms with E-state index in [0.717, 1.165) is 35.8 Å². The highest BCUT2D eigenvalue weighted by molar-refractivity contribution is 6.88. The highest BCUT2D eigenvalue weighted by Gasteiger charge is 2.31. The monoisotopic (exact) mass is 577 g/mol. The van der Waals surface area contributed by atoms with E-state index in [4.69, 9.17) is 4.74 Å². The predicted octanol–water partition coefficient (Wildman–Crippen LogP) is 7.58. The van der Waals surface area contributed by atoms with Gasteiger partial charge in [0, 0.05) is 25.1 Å². The number of para-hydroxylation sites is 4. The highest BCUT2D eigenvalue weighted by Crippen LogP contribution is 2.33. The number of fused-ring (bicyclic) bond motifs is 1. The Morgan fingerprint density at radius 2 is 1.52 bits per heavy atom. The Bertz CT molecular complexity index is 1680. The van der Waals surface area contributed by atoms with Crippen LogP contribution in [0.2, 0.25) is 19.6 Å². The summed E-state index contributed by atoms with van der Waals surface area (Å²) in [7, 11) is -1.52. The highest BCUT2D eigenvalue weighted by atomic mass is 28.3. The van der Waals surface area contributed by atoms with E-state index in [1.54, 1.807) is 5.19 Å². The maximum absolute atomic E-state index is 6.73. The number of pyridine rings is 1. The lowest BCUT2D eigenvalue weighted by Crippen LogP contribution is -2.52. The Kier molecular flexibility index (Phi) is 8.70. The van der Waals surface area contributed by atoms with Crippen LogP contribution in [0.1, 0.15) is 45.0 Å². The van der Waals surface area contributed by atoms with Crippen LogP contribution in [0.5, 0.6) is 5.75 Å². The first-order valence-electron chi connectivity index (χ1n) is 15.5. The Labute approximate surface area is 253 Å². The zero-order valence-electron chi connectivity index (χ0n) is 26.7. The van der Waals surface area contributed by atoms with Crippen LogP contribution >= 0.6 is 0 Å². The lowest BCUT2D eigenvalue weighted by Gasteiger charge is -2.22. The number of aromatic nitrogens is 3. The molecule has 42 heavy (non-hydrogen) atoms. The summed E-state index contributed by atoms with van der Waals surface area (Å²) in [5, 5.41) is 1.56. The van der Waals surface area contributed by atoms with E-state index in [9.17, 15) is 0 Å². The molecule has 0 fully saturated rings. The van der Waals surface area contributed by atoms with Crippen molar-refractivity contribution in [1.29, 1.82) is 0 Å². The van der Waals surface area contributed by atoms with Gasteiger partial charge in [-0.3, -0.25) is 0 Å². The lowest BCUT2D eigenvalue weighted by atomic mass is 10.0. The summed E-state index contributed by atoms with van der Waals surface area (Å²) in [4.78, 5) is 0. The molecule has 0 radical (unpaired) electrons. The van der Waals surface area contributed by atoms with E-state index < -0.39 is 8.07 Å². The number of hydrogen-bond donors (Lipinski definition) is 0. The van der Waals surface area contributed by atoms with Crippen LogP contribution in [0.4, 0.5) is 0 Å². The van der Waals surface area contributed by atoms with Gasteiger partial charge in [0.25, 0.3) is 5.82 Å². The first kappa shape index (κ1) is 29.8. The van der Waals surface area contributed by atoms with E-state index >= 15 is 0 Å². The Hall–Kier alpha value is -3.70. The second kappa shape index (κ2) is 12.3. The molecule has 0 saturated carbocycles. The maximum Gasteiger partial charge on any atom is 0.298 e. The molecule has 4 nitrogen and oxygen atoms in total. The minimum atomic E-state index is -1.52. The number of ether oxygens (including phenoxy) is 1. The van der Waals surface area contributed by atoms with E-state index in [0.29, 0.717) is 12.5 Å². The molecule has 5 heteroatoms. The van der Waals surface area contributed by atoms with Crippen molar-refractivity contribution in [2.45, 2.75) is 73.3 Å². The maximum atomic E-state index is 6.73. The van der Waals surface area contributed by atoms with Gasteiger partial charge in [0.2, 0.25) is 0 Å². The van der Waals surface area contributed by atoms with E-state index in [2.05, 4.69) is 159 Å². The molecule has 0 aliphatic carbocycles. The summed E-state index contributed by atoms with van der Waals surface area (Å²) >= 11 is 0. The van der Waals surface area contributed by atoms with Gasteiger partial charge in [0.1, 0.15) is 23.6 Å². The molecule has 0 aliphatic heterocycles. The van der Waals surface area contributed by atoms with Crippen LogP contribution < -0.4 is 19.1 Å². The number of imidazole rings is 1. The molecule has 0 amide bonds. The summed E-state index contributed by atoms with van der Waals surface area (Å²) in [6, 6.07) is 30.5. The molecule has 2 heterocycles. The summed E-state index contributed by atoms with van der Waals surface area (Å²) in [5.74, 6) is 2.69. The molecular formula is C37H47N3OSi+2. The van der Waals surface area contributed by atoms with Gasteiger partial charge < -0.3 is 4.74 Å². The average Bonchev–Trinajstić information content (AvgIpc) is 3.29. The van der Waals surface area contributed by atoms with Crippen LogP contribution in [-0.4, -0.2) is 19.2 Å². The van der Waals surface area contributed by atoms with Gasteiger partial charge in [0.15, 0.2) is 29.0 Å². The second-order valence-electron chi connectivity index (χ2n) is 13.0. The van der Waals surface area contributed by atoms with Crippen molar-refractivity contribution >= 4 is 24.3 Å². The smallest absolute Gasteiger partial charge is 0.298 e. The van der Waals surface area contributed by atoms with Gasteiger partial charge in [-0.2, -0.15) is 9.13 Å². The fraction of sp³-hybridized carbons (Fsp3) is 0.351. The standard InChI is InChI=1S/C37H47N3OSi/c1-9-38-33-20-14-15-21-34(33)40(31-17-11-10-12-18-31)37(38)32-19-13-16-22-35(32)41-26-29(5)39-25-36(42(6,7)8)30(23-27(2)3)24-28(39)4/h10-22,24-25,27,29H,9,23,26H2,1-8H3/q+2. The first-order chi connectivity index (χ1) is 20.1. The second-order valence-corrected chi connectivity index (χ2v) is 18.0. The Morgan fingerprint density at radius 3 is 2.21 bits per heavy atom. The molecule has 3 aromatic carbocycles. The molecule has 5 rings (SSSR count). The zero-order chi connectivity index (χ0) is 30.0. The van der Waals surface area contributed by atoms with Gasteiger partial charge in [-0.25, -0.2) is 4.57 Å². The van der Waals surface area contributed by atoms with Crippen molar-refractivity contribution in [3.8, 4) is 22.8 Å². The SMILES string of the molecule is CC[n+]1c(-c2ccccc2OCC(C)[n+]2cc([Si](C)(C)C)c(CC(C)C)cc2C)n(-c2ccccc2)c2ccccc21. The minimum Gasteiger partial charge on any atom is -0.486 e. The molecule has 0 aliphatic rings. The molecule has 0 saturated heterocycles. The number of nitrogens with zero attached hydrogens (tertiary/aromatic N) is 3. The van der Waals surface area contributed by atoms with E-state index in [1.165, 1.54) is 22.3 Å². The van der Waals surface area contributed by atoms with Crippen molar-refractivity contribution in [3.63, 3.8) is 0 Å². The molecule has 5 aromatic rings. The largest absolute Gasteiger partial charge is 0.486 e. The van der Waals surface area contributed by atoms with Crippen LogP contribution in [-0.2, 0) is 13.0 Å². The molecular weight excluding hydrogens is 531 g/mol. The third-order valence-corrected chi connectivity index (χ3v) is 10.2.